The van der Waals surface area contributed by atoms with Crippen molar-refractivity contribution < 1.29 is 14.0 Å². The smallest absolute Gasteiger partial charge is 0.163 e. The Morgan fingerprint density at radius 1 is 1.19 bits per heavy atom. The number of rotatable bonds is 7. The van der Waals surface area contributed by atoms with Gasteiger partial charge in [0, 0.05) is 7.11 Å². The molecular weight excluding hydrogens is 288 g/mol. The van der Waals surface area contributed by atoms with Crippen LogP contribution in [0.4, 0.5) is 0 Å². The fourth-order valence-electron chi connectivity index (χ4n) is 1.88. The van der Waals surface area contributed by atoms with E-state index in [0.717, 1.165) is 26.7 Å². The summed E-state index contributed by atoms with van der Waals surface area (Å²) in [6.07, 6.45) is 0. The van der Waals surface area contributed by atoms with Crippen LogP contribution < -0.4 is 5.48 Å². The van der Waals surface area contributed by atoms with E-state index in [9.17, 15) is 0 Å². The number of hydrogen-bond acceptors (Lipinski definition) is 6. The van der Waals surface area contributed by atoms with Gasteiger partial charge in [-0.3, -0.25) is 4.84 Å². The second-order valence-corrected chi connectivity index (χ2v) is 5.45. The Labute approximate surface area is 126 Å². The molecule has 0 bridgehead atoms. The Kier molecular flexibility index (Phi) is 4.62. The molecule has 0 radical (unpaired) electrons. The number of methoxy groups -OCH3 is 1. The quantitative estimate of drug-likeness (QED) is 0.536. The zero-order valence-corrected chi connectivity index (χ0v) is 12.5. The molecule has 1 N–H and O–H groups in total. The molecule has 0 saturated heterocycles. The molecular formula is C15H16N2O3S. The maximum absolute atomic E-state index is 5.78. The Morgan fingerprint density at radius 2 is 2.10 bits per heavy atom. The zero-order valence-electron chi connectivity index (χ0n) is 11.7. The SMILES string of the molecule is COCCONCc1ccc(-c2nc3ccccc3s2)o1. The van der Waals surface area contributed by atoms with Gasteiger partial charge in [0.05, 0.1) is 30.0 Å². The maximum Gasteiger partial charge on any atom is 0.163 e. The fourth-order valence-corrected chi connectivity index (χ4v) is 2.81. The van der Waals surface area contributed by atoms with E-state index in [-0.39, 0.29) is 0 Å². The molecule has 0 spiro atoms. The highest BCUT2D eigenvalue weighted by Crippen LogP contribution is 2.30. The van der Waals surface area contributed by atoms with E-state index in [0.29, 0.717) is 19.8 Å². The van der Waals surface area contributed by atoms with Crippen LogP contribution in [0, 0.1) is 0 Å². The number of fused-ring (bicyclic) bond motifs is 1. The average molecular weight is 304 g/mol. The molecule has 5 nitrogen and oxygen atoms in total. The van der Waals surface area contributed by atoms with Crippen LogP contribution >= 0.6 is 11.3 Å². The maximum atomic E-state index is 5.78. The van der Waals surface area contributed by atoms with Crippen molar-refractivity contribution in [2.75, 3.05) is 20.3 Å². The predicted molar refractivity (Wildman–Crippen MR) is 82.0 cm³/mol. The number of hydrogen-bond donors (Lipinski definition) is 1. The van der Waals surface area contributed by atoms with Crippen LogP contribution in [0.2, 0.25) is 0 Å². The van der Waals surface area contributed by atoms with Crippen LogP contribution in [0.1, 0.15) is 5.76 Å². The second kappa shape index (κ2) is 6.82. The van der Waals surface area contributed by atoms with Crippen molar-refractivity contribution in [1.29, 1.82) is 0 Å². The number of para-hydroxylation sites is 1. The van der Waals surface area contributed by atoms with Gasteiger partial charge in [-0.25, -0.2) is 4.98 Å². The molecule has 21 heavy (non-hydrogen) atoms. The Bertz CT molecular complexity index is 675. The molecule has 1 aromatic carbocycles. The standard InChI is InChI=1S/C15H16N2O3S/c1-18-8-9-19-16-10-11-6-7-13(20-11)15-17-12-4-2-3-5-14(12)21-15/h2-7,16H,8-10H2,1H3. The monoisotopic (exact) mass is 304 g/mol. The number of hydroxylamine groups is 1. The van der Waals surface area contributed by atoms with Crippen LogP contribution in [0.15, 0.2) is 40.8 Å². The van der Waals surface area contributed by atoms with Gasteiger partial charge in [-0.15, -0.1) is 11.3 Å². The van der Waals surface area contributed by atoms with E-state index >= 15 is 0 Å². The first-order valence-corrected chi connectivity index (χ1v) is 7.47. The molecule has 0 aliphatic carbocycles. The molecule has 3 aromatic rings. The summed E-state index contributed by atoms with van der Waals surface area (Å²) in [4.78, 5) is 9.77. The third kappa shape index (κ3) is 3.48. The number of thiazole rings is 1. The van der Waals surface area contributed by atoms with Gasteiger partial charge in [0.25, 0.3) is 0 Å². The third-order valence-corrected chi connectivity index (χ3v) is 3.96. The van der Waals surface area contributed by atoms with Crippen molar-refractivity contribution in [3.8, 4) is 10.8 Å². The fraction of sp³-hybridized carbons (Fsp3) is 0.267. The average Bonchev–Trinajstić information content (AvgIpc) is 3.13. The number of nitrogens with zero attached hydrogens (tertiary/aromatic N) is 1. The number of benzene rings is 1. The van der Waals surface area contributed by atoms with E-state index in [1.54, 1.807) is 18.4 Å². The predicted octanol–water partition coefficient (Wildman–Crippen LogP) is 3.22. The van der Waals surface area contributed by atoms with Crippen LogP contribution in [0.25, 0.3) is 21.0 Å². The van der Waals surface area contributed by atoms with Gasteiger partial charge >= 0.3 is 0 Å². The van der Waals surface area contributed by atoms with Crippen LogP contribution in [0.5, 0.6) is 0 Å². The summed E-state index contributed by atoms with van der Waals surface area (Å²) in [6, 6.07) is 11.9. The minimum Gasteiger partial charge on any atom is -0.457 e. The minimum atomic E-state index is 0.502. The van der Waals surface area contributed by atoms with Crippen molar-refractivity contribution in [3.05, 3.63) is 42.2 Å². The highest BCUT2D eigenvalue weighted by Gasteiger charge is 2.10. The van der Waals surface area contributed by atoms with Crippen molar-refractivity contribution in [1.82, 2.24) is 10.5 Å². The van der Waals surface area contributed by atoms with Gasteiger partial charge < -0.3 is 9.15 Å². The topological polar surface area (TPSA) is 56.5 Å². The number of nitrogens with one attached hydrogen (secondary N) is 1. The van der Waals surface area contributed by atoms with E-state index in [1.807, 2.05) is 30.3 Å². The lowest BCUT2D eigenvalue weighted by Crippen LogP contribution is -2.16. The van der Waals surface area contributed by atoms with Crippen LogP contribution in [-0.4, -0.2) is 25.3 Å². The van der Waals surface area contributed by atoms with Gasteiger partial charge in [0.2, 0.25) is 0 Å². The summed E-state index contributed by atoms with van der Waals surface area (Å²) in [5, 5.41) is 0.891. The lowest BCUT2D eigenvalue weighted by Gasteiger charge is -2.02. The molecule has 3 rings (SSSR count). The molecule has 0 amide bonds. The lowest BCUT2D eigenvalue weighted by atomic mass is 10.3. The molecule has 6 heteroatoms. The normalized spacial score (nSPS) is 11.3. The zero-order chi connectivity index (χ0) is 14.5. The van der Waals surface area contributed by atoms with E-state index in [4.69, 9.17) is 14.0 Å². The molecule has 0 atom stereocenters. The number of ether oxygens (including phenoxy) is 1. The van der Waals surface area contributed by atoms with Crippen molar-refractivity contribution in [2.24, 2.45) is 0 Å². The summed E-state index contributed by atoms with van der Waals surface area (Å²) in [5.74, 6) is 1.59. The molecule has 2 heterocycles. The van der Waals surface area contributed by atoms with Crippen molar-refractivity contribution in [3.63, 3.8) is 0 Å². The molecule has 0 saturated carbocycles. The van der Waals surface area contributed by atoms with Crippen molar-refractivity contribution in [2.45, 2.75) is 6.54 Å². The number of aromatic nitrogens is 1. The summed E-state index contributed by atoms with van der Waals surface area (Å²) >= 11 is 1.63. The van der Waals surface area contributed by atoms with Gasteiger partial charge in [0.1, 0.15) is 5.76 Å². The lowest BCUT2D eigenvalue weighted by molar-refractivity contribution is 0.00111. The van der Waals surface area contributed by atoms with Gasteiger partial charge in [-0.1, -0.05) is 12.1 Å². The second-order valence-electron chi connectivity index (χ2n) is 4.42. The van der Waals surface area contributed by atoms with Crippen LogP contribution in [0.3, 0.4) is 0 Å². The first kappa shape index (κ1) is 14.2. The Hall–Kier alpha value is -1.73. The molecule has 0 aliphatic heterocycles. The van der Waals surface area contributed by atoms with Crippen LogP contribution in [-0.2, 0) is 16.1 Å². The molecule has 2 aromatic heterocycles. The summed E-state index contributed by atoms with van der Waals surface area (Å²) < 4.78 is 11.8. The first-order chi connectivity index (χ1) is 10.4. The molecule has 0 aliphatic rings. The molecule has 110 valence electrons. The molecule has 0 fully saturated rings. The summed E-state index contributed by atoms with van der Waals surface area (Å²) in [5.41, 5.74) is 3.83. The summed E-state index contributed by atoms with van der Waals surface area (Å²) in [7, 11) is 1.64. The Morgan fingerprint density at radius 3 is 2.95 bits per heavy atom. The minimum absolute atomic E-state index is 0.502. The third-order valence-electron chi connectivity index (χ3n) is 2.90. The highest BCUT2D eigenvalue weighted by atomic mass is 32.1. The Balaban J connectivity index is 1.64. The largest absolute Gasteiger partial charge is 0.457 e. The van der Waals surface area contributed by atoms with Crippen molar-refractivity contribution >= 4 is 21.6 Å². The first-order valence-electron chi connectivity index (χ1n) is 6.65. The van der Waals surface area contributed by atoms with Gasteiger partial charge in [-0.2, -0.15) is 5.48 Å². The van der Waals surface area contributed by atoms with E-state index in [1.165, 1.54) is 0 Å². The molecule has 0 unspecified atom stereocenters. The highest BCUT2D eigenvalue weighted by molar-refractivity contribution is 7.21. The van der Waals surface area contributed by atoms with Gasteiger partial charge in [0.15, 0.2) is 10.8 Å². The van der Waals surface area contributed by atoms with E-state index < -0.39 is 0 Å². The summed E-state index contributed by atoms with van der Waals surface area (Å²) in [6.45, 7) is 1.57. The van der Waals surface area contributed by atoms with E-state index in [2.05, 4.69) is 16.5 Å². The number of furan rings is 1. The van der Waals surface area contributed by atoms with Gasteiger partial charge in [-0.05, 0) is 24.3 Å².